The summed E-state index contributed by atoms with van der Waals surface area (Å²) in [5, 5.41) is 1.02. The summed E-state index contributed by atoms with van der Waals surface area (Å²) in [6, 6.07) is 5.24. The predicted octanol–water partition coefficient (Wildman–Crippen LogP) is 3.65. The molecule has 0 amide bonds. The molecule has 2 rings (SSSR count). The van der Waals surface area contributed by atoms with E-state index in [4.69, 9.17) is 27.6 Å². The number of benzene rings is 1. The molecule has 0 atom stereocenters. The fourth-order valence-corrected chi connectivity index (χ4v) is 1.29. The van der Waals surface area contributed by atoms with Gasteiger partial charge < -0.3 is 4.42 Å². The summed E-state index contributed by atoms with van der Waals surface area (Å²) < 4.78 is 5.10. The van der Waals surface area contributed by atoms with Crippen LogP contribution in [0, 0.1) is 0 Å². The van der Waals surface area contributed by atoms with Crippen molar-refractivity contribution < 1.29 is 4.42 Å². The van der Waals surface area contributed by atoms with Crippen LogP contribution in [-0.2, 0) is 0 Å². The van der Waals surface area contributed by atoms with Gasteiger partial charge in [-0.15, -0.1) is 0 Å². The number of nitrogens with zero attached hydrogens (tertiary/aromatic N) is 1. The Morgan fingerprint density at radius 1 is 1.15 bits per heavy atom. The van der Waals surface area contributed by atoms with E-state index in [1.165, 1.54) is 6.26 Å². The minimum Gasteiger partial charge on any atom is -0.445 e. The molecule has 1 heterocycles. The SMILES string of the molecule is Clc1ccc(-c2ncco2)cc1Cl. The third-order valence-electron chi connectivity index (χ3n) is 1.60. The number of aromatic nitrogens is 1. The van der Waals surface area contributed by atoms with E-state index in [0.29, 0.717) is 15.9 Å². The molecule has 13 heavy (non-hydrogen) atoms. The van der Waals surface area contributed by atoms with E-state index in [1.807, 2.05) is 0 Å². The second kappa shape index (κ2) is 3.40. The molecule has 1 aromatic carbocycles. The van der Waals surface area contributed by atoms with Crippen LogP contribution in [0.3, 0.4) is 0 Å². The number of oxazole rings is 1. The van der Waals surface area contributed by atoms with Crippen LogP contribution in [0.1, 0.15) is 0 Å². The molecular weight excluding hydrogens is 209 g/mol. The van der Waals surface area contributed by atoms with Gasteiger partial charge in [0.05, 0.1) is 16.2 Å². The molecule has 0 fully saturated rings. The Morgan fingerprint density at radius 2 is 2.00 bits per heavy atom. The van der Waals surface area contributed by atoms with Crippen molar-refractivity contribution in [3.63, 3.8) is 0 Å². The van der Waals surface area contributed by atoms with Gasteiger partial charge >= 0.3 is 0 Å². The zero-order valence-electron chi connectivity index (χ0n) is 6.50. The van der Waals surface area contributed by atoms with Crippen LogP contribution in [0.5, 0.6) is 0 Å². The quantitative estimate of drug-likeness (QED) is 0.723. The molecule has 0 aliphatic carbocycles. The first-order chi connectivity index (χ1) is 6.27. The van der Waals surface area contributed by atoms with Crippen LogP contribution in [0.2, 0.25) is 10.0 Å². The van der Waals surface area contributed by atoms with Crippen molar-refractivity contribution in [2.45, 2.75) is 0 Å². The normalized spacial score (nSPS) is 10.3. The van der Waals surface area contributed by atoms with Gasteiger partial charge in [0.15, 0.2) is 0 Å². The van der Waals surface area contributed by atoms with E-state index in [-0.39, 0.29) is 0 Å². The van der Waals surface area contributed by atoms with E-state index in [9.17, 15) is 0 Å². The maximum Gasteiger partial charge on any atom is 0.225 e. The van der Waals surface area contributed by atoms with E-state index in [0.717, 1.165) is 5.56 Å². The maximum absolute atomic E-state index is 5.83. The molecule has 0 radical (unpaired) electrons. The Morgan fingerprint density at radius 3 is 2.62 bits per heavy atom. The number of rotatable bonds is 1. The smallest absolute Gasteiger partial charge is 0.225 e. The van der Waals surface area contributed by atoms with Crippen LogP contribution >= 0.6 is 23.2 Å². The van der Waals surface area contributed by atoms with Gasteiger partial charge in [0.25, 0.3) is 0 Å². The second-order valence-corrected chi connectivity index (χ2v) is 3.28. The van der Waals surface area contributed by atoms with Crippen LogP contribution in [-0.4, -0.2) is 4.98 Å². The van der Waals surface area contributed by atoms with Crippen LogP contribution in [0.15, 0.2) is 35.1 Å². The van der Waals surface area contributed by atoms with E-state index >= 15 is 0 Å². The van der Waals surface area contributed by atoms with Crippen molar-refractivity contribution in [1.29, 1.82) is 0 Å². The number of hydrogen-bond acceptors (Lipinski definition) is 2. The average molecular weight is 214 g/mol. The third-order valence-corrected chi connectivity index (χ3v) is 2.34. The molecule has 0 spiro atoms. The standard InChI is InChI=1S/C9H5Cl2NO/c10-7-2-1-6(5-8(7)11)9-12-3-4-13-9/h1-5H. The lowest BCUT2D eigenvalue weighted by atomic mass is 10.2. The van der Waals surface area contributed by atoms with E-state index in [1.54, 1.807) is 24.4 Å². The molecular formula is C9H5Cl2NO. The molecule has 0 aliphatic rings. The molecule has 0 bridgehead atoms. The molecule has 0 N–H and O–H groups in total. The number of hydrogen-bond donors (Lipinski definition) is 0. The van der Waals surface area contributed by atoms with Gasteiger partial charge in [0, 0.05) is 5.56 Å². The van der Waals surface area contributed by atoms with Crippen molar-refractivity contribution in [2.24, 2.45) is 0 Å². The first-order valence-corrected chi connectivity index (χ1v) is 4.38. The summed E-state index contributed by atoms with van der Waals surface area (Å²) in [6.45, 7) is 0. The molecule has 1 aromatic heterocycles. The van der Waals surface area contributed by atoms with E-state index in [2.05, 4.69) is 4.98 Å². The Kier molecular flexibility index (Phi) is 2.25. The summed E-state index contributed by atoms with van der Waals surface area (Å²) in [4.78, 5) is 3.99. The zero-order valence-corrected chi connectivity index (χ0v) is 8.01. The van der Waals surface area contributed by atoms with Crippen LogP contribution in [0.25, 0.3) is 11.5 Å². The minimum absolute atomic E-state index is 0.498. The Labute approximate surface area is 85.1 Å². The summed E-state index contributed by atoms with van der Waals surface area (Å²) in [5.41, 5.74) is 0.819. The van der Waals surface area contributed by atoms with Crippen molar-refractivity contribution in [2.75, 3.05) is 0 Å². The minimum atomic E-state index is 0.498. The van der Waals surface area contributed by atoms with Gasteiger partial charge in [0.2, 0.25) is 5.89 Å². The molecule has 2 nitrogen and oxygen atoms in total. The highest BCUT2D eigenvalue weighted by molar-refractivity contribution is 6.42. The van der Waals surface area contributed by atoms with Crippen LogP contribution in [0.4, 0.5) is 0 Å². The zero-order chi connectivity index (χ0) is 9.26. The van der Waals surface area contributed by atoms with Gasteiger partial charge in [-0.25, -0.2) is 4.98 Å². The molecule has 0 saturated carbocycles. The van der Waals surface area contributed by atoms with Gasteiger partial charge in [-0.05, 0) is 18.2 Å². The van der Waals surface area contributed by atoms with Gasteiger partial charge in [-0.1, -0.05) is 23.2 Å². The highest BCUT2D eigenvalue weighted by atomic mass is 35.5. The predicted molar refractivity (Wildman–Crippen MR) is 52.0 cm³/mol. The molecule has 2 aromatic rings. The maximum atomic E-state index is 5.83. The fraction of sp³-hybridized carbons (Fsp3) is 0. The summed E-state index contributed by atoms with van der Waals surface area (Å²) in [6.07, 6.45) is 3.09. The van der Waals surface area contributed by atoms with Crippen molar-refractivity contribution >= 4 is 23.2 Å². The second-order valence-electron chi connectivity index (χ2n) is 2.47. The van der Waals surface area contributed by atoms with E-state index < -0.39 is 0 Å². The highest BCUT2D eigenvalue weighted by Crippen LogP contribution is 2.27. The lowest BCUT2D eigenvalue weighted by molar-refractivity contribution is 0.574. The monoisotopic (exact) mass is 213 g/mol. The third kappa shape index (κ3) is 1.69. The van der Waals surface area contributed by atoms with Gasteiger partial charge in [-0.3, -0.25) is 0 Å². The first kappa shape index (κ1) is 8.60. The summed E-state index contributed by atoms with van der Waals surface area (Å²) in [7, 11) is 0. The van der Waals surface area contributed by atoms with Crippen molar-refractivity contribution in [3.05, 3.63) is 40.7 Å². The highest BCUT2D eigenvalue weighted by Gasteiger charge is 2.04. The largest absolute Gasteiger partial charge is 0.445 e. The summed E-state index contributed by atoms with van der Waals surface area (Å²) >= 11 is 11.6. The Balaban J connectivity index is 2.49. The molecule has 66 valence electrons. The first-order valence-electron chi connectivity index (χ1n) is 3.62. The van der Waals surface area contributed by atoms with Crippen molar-refractivity contribution in [3.8, 4) is 11.5 Å². The molecule has 0 aliphatic heterocycles. The topological polar surface area (TPSA) is 26.0 Å². The Hall–Kier alpha value is -0.990. The lowest BCUT2D eigenvalue weighted by Gasteiger charge is -1.97. The fourth-order valence-electron chi connectivity index (χ4n) is 0.995. The number of halogens is 2. The average Bonchev–Trinajstić information content (AvgIpc) is 2.62. The summed E-state index contributed by atoms with van der Waals surface area (Å²) in [5.74, 6) is 0.540. The molecule has 0 saturated heterocycles. The van der Waals surface area contributed by atoms with Crippen molar-refractivity contribution in [1.82, 2.24) is 4.98 Å². The Bertz CT molecular complexity index is 412. The van der Waals surface area contributed by atoms with Gasteiger partial charge in [0.1, 0.15) is 6.26 Å². The lowest BCUT2D eigenvalue weighted by Crippen LogP contribution is -1.77. The van der Waals surface area contributed by atoms with Crippen LogP contribution < -0.4 is 0 Å². The molecule has 0 unspecified atom stereocenters. The van der Waals surface area contributed by atoms with Gasteiger partial charge in [-0.2, -0.15) is 0 Å². The molecule has 4 heteroatoms.